The smallest absolute Gasteiger partial charge is 0.194 e. The summed E-state index contributed by atoms with van der Waals surface area (Å²) in [7, 11) is 1.84. The Bertz CT molecular complexity index is 1670. The molecule has 0 amide bonds. The van der Waals surface area contributed by atoms with Crippen LogP contribution in [0.25, 0.3) is 22.0 Å². The van der Waals surface area contributed by atoms with Gasteiger partial charge in [-0.2, -0.15) is 5.10 Å². The number of nitrogens with one attached hydrogen (secondary N) is 2. The van der Waals surface area contributed by atoms with E-state index in [1.54, 1.807) is 23.0 Å². The third-order valence-electron chi connectivity index (χ3n) is 8.28. The maximum atomic E-state index is 14.2. The molecule has 2 N–H and O–H groups in total. The molecule has 2 fully saturated rings. The fourth-order valence-corrected chi connectivity index (χ4v) is 6.15. The third-order valence-corrected chi connectivity index (χ3v) is 8.28. The van der Waals surface area contributed by atoms with Crippen LogP contribution < -0.4 is 15.5 Å². The predicted molar refractivity (Wildman–Crippen MR) is 143 cm³/mol. The number of rotatable bonds is 4. The summed E-state index contributed by atoms with van der Waals surface area (Å²) in [4.78, 5) is 44.8. The van der Waals surface area contributed by atoms with E-state index in [1.165, 1.54) is 6.07 Å². The molecule has 1 saturated heterocycles. The largest absolute Gasteiger partial charge is 0.485 e. The van der Waals surface area contributed by atoms with Crippen LogP contribution in [0.2, 0.25) is 0 Å². The van der Waals surface area contributed by atoms with Crippen molar-refractivity contribution in [3.05, 3.63) is 81.9 Å². The van der Waals surface area contributed by atoms with Gasteiger partial charge in [0.1, 0.15) is 17.3 Å². The average Bonchev–Trinajstić information content (AvgIpc) is 3.68. The molecule has 2 aromatic heterocycles. The number of nitrogens with zero attached hydrogens (tertiary/aromatic N) is 2. The standard InChI is InChI=1S/C30H28N4O4/c1-34-16-19(15-32-34)18-7-8-25-22(13-18)28(36)26(30(38-25)9-11-31-12-10-30)29(37)23-14-24(35)21-4-2-3-20(17-5-6-17)27(21)33-23/h2-4,7-8,13-17,26,31H,5-6,9-12H2,1H3,(H,33,35)/t26-/m1/s1. The molecule has 2 aromatic carbocycles. The zero-order valence-corrected chi connectivity index (χ0v) is 21.1. The summed E-state index contributed by atoms with van der Waals surface area (Å²) in [5.41, 5.74) is 2.83. The summed E-state index contributed by atoms with van der Waals surface area (Å²) in [6.07, 6.45) is 6.79. The highest BCUT2D eigenvalue weighted by Crippen LogP contribution is 2.45. The van der Waals surface area contributed by atoms with Gasteiger partial charge in [0, 0.05) is 43.1 Å². The van der Waals surface area contributed by atoms with Crippen molar-refractivity contribution < 1.29 is 14.3 Å². The first-order valence-electron chi connectivity index (χ1n) is 13.2. The van der Waals surface area contributed by atoms with Crippen molar-refractivity contribution >= 4 is 22.5 Å². The highest BCUT2D eigenvalue weighted by molar-refractivity contribution is 6.18. The van der Waals surface area contributed by atoms with Crippen LogP contribution in [0.1, 0.15) is 58.0 Å². The number of aryl methyl sites for hydroxylation is 1. The van der Waals surface area contributed by atoms with Crippen molar-refractivity contribution in [2.45, 2.75) is 37.2 Å². The van der Waals surface area contributed by atoms with Crippen molar-refractivity contribution in [2.24, 2.45) is 13.0 Å². The summed E-state index contributed by atoms with van der Waals surface area (Å²) >= 11 is 0. The number of aromatic nitrogens is 3. The molecule has 1 aliphatic carbocycles. The van der Waals surface area contributed by atoms with Crippen LogP contribution in [0.5, 0.6) is 5.75 Å². The van der Waals surface area contributed by atoms with Gasteiger partial charge in [-0.15, -0.1) is 0 Å². The maximum Gasteiger partial charge on any atom is 0.194 e. The number of ether oxygens (including phenoxy) is 1. The van der Waals surface area contributed by atoms with Crippen molar-refractivity contribution in [1.29, 1.82) is 0 Å². The molecule has 38 heavy (non-hydrogen) atoms. The number of H-pyrrole nitrogens is 1. The van der Waals surface area contributed by atoms with E-state index in [9.17, 15) is 14.4 Å². The van der Waals surface area contributed by atoms with E-state index in [-0.39, 0.29) is 22.7 Å². The molecule has 192 valence electrons. The first-order valence-corrected chi connectivity index (χ1v) is 13.2. The summed E-state index contributed by atoms with van der Waals surface area (Å²) in [6.45, 7) is 1.28. The van der Waals surface area contributed by atoms with Crippen LogP contribution in [0.3, 0.4) is 0 Å². The van der Waals surface area contributed by atoms with Gasteiger partial charge in [-0.3, -0.25) is 19.1 Å². The van der Waals surface area contributed by atoms with Gasteiger partial charge in [0.25, 0.3) is 0 Å². The minimum Gasteiger partial charge on any atom is -0.485 e. The first kappa shape index (κ1) is 23.1. The number of aromatic amines is 1. The maximum absolute atomic E-state index is 14.2. The Morgan fingerprint density at radius 2 is 1.89 bits per heavy atom. The molecule has 1 spiro atoms. The number of benzene rings is 2. The monoisotopic (exact) mass is 508 g/mol. The fourth-order valence-electron chi connectivity index (χ4n) is 6.15. The number of hydrogen-bond donors (Lipinski definition) is 2. The highest BCUT2D eigenvalue weighted by atomic mass is 16.5. The Balaban J connectivity index is 1.35. The van der Waals surface area contributed by atoms with E-state index in [1.807, 2.05) is 37.5 Å². The van der Waals surface area contributed by atoms with Crippen molar-refractivity contribution in [3.63, 3.8) is 0 Å². The zero-order chi connectivity index (χ0) is 26.0. The summed E-state index contributed by atoms with van der Waals surface area (Å²) in [6, 6.07) is 12.6. The number of piperidine rings is 1. The molecule has 7 rings (SSSR count). The molecule has 1 atom stereocenters. The molecular weight excluding hydrogens is 480 g/mol. The topological polar surface area (TPSA) is 106 Å². The number of pyridine rings is 1. The van der Waals surface area contributed by atoms with Gasteiger partial charge in [0.05, 0.1) is 23.0 Å². The second-order valence-corrected chi connectivity index (χ2v) is 10.8. The zero-order valence-electron chi connectivity index (χ0n) is 21.1. The normalized spacial score (nSPS) is 20.3. The molecule has 8 heteroatoms. The van der Waals surface area contributed by atoms with Gasteiger partial charge in [0.15, 0.2) is 17.0 Å². The number of para-hydroxylation sites is 1. The van der Waals surface area contributed by atoms with Gasteiger partial charge < -0.3 is 15.0 Å². The number of carbonyl (C=O) groups is 2. The molecule has 4 heterocycles. The number of carbonyl (C=O) groups excluding carboxylic acids is 2. The number of ketones is 2. The van der Waals surface area contributed by atoms with Crippen LogP contribution in [0.15, 0.2) is 59.7 Å². The van der Waals surface area contributed by atoms with Gasteiger partial charge >= 0.3 is 0 Å². The summed E-state index contributed by atoms with van der Waals surface area (Å²) in [5.74, 6) is -0.814. The molecule has 0 bridgehead atoms. The fraction of sp³-hybridized carbons (Fsp3) is 0.333. The minimum atomic E-state index is -1.05. The number of hydrogen-bond acceptors (Lipinski definition) is 6. The second-order valence-electron chi connectivity index (χ2n) is 10.8. The lowest BCUT2D eigenvalue weighted by molar-refractivity contribution is -0.0139. The molecular formula is C30H28N4O4. The van der Waals surface area contributed by atoms with Crippen LogP contribution in [0, 0.1) is 5.92 Å². The summed E-state index contributed by atoms with van der Waals surface area (Å²) < 4.78 is 8.28. The average molecular weight is 509 g/mol. The van der Waals surface area contributed by atoms with Gasteiger partial charge in [-0.1, -0.05) is 18.2 Å². The third kappa shape index (κ3) is 3.62. The van der Waals surface area contributed by atoms with Crippen molar-refractivity contribution in [2.75, 3.05) is 13.1 Å². The Kier molecular flexibility index (Phi) is 5.16. The van der Waals surface area contributed by atoms with Gasteiger partial charge in [0.2, 0.25) is 0 Å². The van der Waals surface area contributed by atoms with Gasteiger partial charge in [-0.25, -0.2) is 0 Å². The van der Waals surface area contributed by atoms with E-state index in [0.717, 1.165) is 29.5 Å². The number of fused-ring (bicyclic) bond motifs is 2. The van der Waals surface area contributed by atoms with E-state index in [0.29, 0.717) is 54.1 Å². The van der Waals surface area contributed by atoms with E-state index < -0.39 is 11.5 Å². The first-order chi connectivity index (χ1) is 18.4. The van der Waals surface area contributed by atoms with Crippen molar-refractivity contribution in [1.82, 2.24) is 20.1 Å². The minimum absolute atomic E-state index is 0.169. The Morgan fingerprint density at radius 3 is 2.63 bits per heavy atom. The van der Waals surface area contributed by atoms with Crippen LogP contribution in [-0.4, -0.2) is 45.0 Å². The lowest BCUT2D eigenvalue weighted by atomic mass is 9.71. The van der Waals surface area contributed by atoms with E-state index in [4.69, 9.17) is 4.74 Å². The van der Waals surface area contributed by atoms with Gasteiger partial charge in [-0.05, 0) is 61.2 Å². The quantitative estimate of drug-likeness (QED) is 0.319. The SMILES string of the molecule is Cn1cc(-c2ccc3c(c2)C(=O)[C@H](C(=O)c2cc(=O)c4cccc(C5CC5)c4[nH]2)C2(CCNCC2)O3)cn1. The lowest BCUT2D eigenvalue weighted by Crippen LogP contribution is -2.58. The Hall–Kier alpha value is -4.04. The van der Waals surface area contributed by atoms with Crippen LogP contribution in [0.4, 0.5) is 0 Å². The lowest BCUT2D eigenvalue weighted by Gasteiger charge is -2.45. The van der Waals surface area contributed by atoms with Crippen LogP contribution >= 0.6 is 0 Å². The van der Waals surface area contributed by atoms with Crippen molar-refractivity contribution in [3.8, 4) is 16.9 Å². The highest BCUT2D eigenvalue weighted by Gasteiger charge is 2.54. The van der Waals surface area contributed by atoms with E-state index >= 15 is 0 Å². The Labute approximate surface area is 219 Å². The van der Waals surface area contributed by atoms with Crippen LogP contribution in [-0.2, 0) is 7.05 Å². The molecule has 1 saturated carbocycles. The van der Waals surface area contributed by atoms with E-state index in [2.05, 4.69) is 15.4 Å². The molecule has 4 aromatic rings. The molecule has 3 aliphatic rings. The summed E-state index contributed by atoms with van der Waals surface area (Å²) in [5, 5.41) is 8.13. The number of Topliss-reactive ketones (excluding diaryl/α,β-unsaturated/α-hetero) is 2. The molecule has 2 aliphatic heterocycles. The Morgan fingerprint density at radius 1 is 1.08 bits per heavy atom. The molecule has 8 nitrogen and oxygen atoms in total. The second kappa shape index (κ2) is 8.49. The predicted octanol–water partition coefficient (Wildman–Crippen LogP) is 4.00. The molecule has 0 unspecified atom stereocenters. The molecule has 0 radical (unpaired) electrons.